The molecule has 0 aliphatic carbocycles. The van der Waals surface area contributed by atoms with Crippen molar-refractivity contribution in [3.63, 3.8) is 0 Å². The molecule has 1 aliphatic rings. The number of β-amino-alcohol motifs (C(OH)–C–C–N with tert-alkyl or cyclic N) is 1. The topological polar surface area (TPSA) is 140 Å². The molecule has 0 bridgehead atoms. The minimum absolute atomic E-state index is 0.0463. The molecule has 3 rings (SSSR count). The summed E-state index contributed by atoms with van der Waals surface area (Å²) in [7, 11) is 1.93. The number of nitrogens with zero attached hydrogens (tertiary/aromatic N) is 3. The van der Waals surface area contributed by atoms with E-state index in [-0.39, 0.29) is 17.4 Å². The zero-order valence-corrected chi connectivity index (χ0v) is 18.7. The highest BCUT2D eigenvalue weighted by molar-refractivity contribution is 5.82. The Labute approximate surface area is 178 Å². The Kier molecular flexibility index (Phi) is 9.91. The molecule has 1 atom stereocenters. The Balaban J connectivity index is 0.000000280. The van der Waals surface area contributed by atoms with Crippen molar-refractivity contribution in [2.45, 2.75) is 53.2 Å². The Morgan fingerprint density at radius 3 is 2.57 bits per heavy atom. The Hall–Kier alpha value is -2.49. The molecular formula is C21H36N6O3. The van der Waals surface area contributed by atoms with Gasteiger partial charge in [-0.15, -0.1) is 0 Å². The number of amides is 2. The van der Waals surface area contributed by atoms with Gasteiger partial charge in [-0.1, -0.05) is 26.8 Å². The van der Waals surface area contributed by atoms with Gasteiger partial charge in [0, 0.05) is 38.5 Å². The highest BCUT2D eigenvalue weighted by atomic mass is 16.3. The van der Waals surface area contributed by atoms with Crippen LogP contribution in [0.3, 0.4) is 0 Å². The van der Waals surface area contributed by atoms with Gasteiger partial charge in [-0.05, 0) is 36.5 Å². The summed E-state index contributed by atoms with van der Waals surface area (Å²) in [5, 5.41) is 17.4. The summed E-state index contributed by atoms with van der Waals surface area (Å²) in [4.78, 5) is 23.6. The number of fused-ring (bicyclic) bond motifs is 1. The average Bonchev–Trinajstić information content (AvgIpc) is 3.24. The number of hydrogen-bond donors (Lipinski definition) is 4. The van der Waals surface area contributed by atoms with E-state index in [0.29, 0.717) is 25.9 Å². The normalized spacial score (nSPS) is 15.7. The molecule has 1 aliphatic heterocycles. The van der Waals surface area contributed by atoms with Crippen LogP contribution in [0.15, 0.2) is 18.2 Å². The molecule has 1 saturated heterocycles. The molecule has 2 aromatic rings. The number of nitrogens with two attached hydrogens (primary N) is 2. The predicted octanol–water partition coefficient (Wildman–Crippen LogP) is 0.962. The standard InChI is InChI=1S/C11H13N3O.C10H19NO2.H4N2/c1-8-10-5-9(6-12-7-15)3-4-11(10)14(2)13-8;1-10(2,3)6-9(13)11-5-4-8(12)7-11;1-2/h3-5,7H,6H2,1-2H3,(H,12,15);8,12H,4-7H2,1-3H3;1-2H2. The van der Waals surface area contributed by atoms with Crippen molar-refractivity contribution in [2.75, 3.05) is 13.1 Å². The summed E-state index contributed by atoms with van der Waals surface area (Å²) in [6, 6.07) is 6.09. The highest BCUT2D eigenvalue weighted by Crippen LogP contribution is 2.21. The van der Waals surface area contributed by atoms with Gasteiger partial charge in [-0.2, -0.15) is 5.10 Å². The number of carbonyl (C=O) groups excluding carboxylic acids is 2. The van der Waals surface area contributed by atoms with Crippen molar-refractivity contribution in [3.05, 3.63) is 29.5 Å². The zero-order valence-electron chi connectivity index (χ0n) is 18.7. The lowest BCUT2D eigenvalue weighted by molar-refractivity contribution is -0.132. The van der Waals surface area contributed by atoms with Crippen LogP contribution < -0.4 is 17.0 Å². The maximum Gasteiger partial charge on any atom is 0.223 e. The second-order valence-electron chi connectivity index (χ2n) is 8.58. The monoisotopic (exact) mass is 420 g/mol. The van der Waals surface area contributed by atoms with Gasteiger partial charge in [-0.3, -0.25) is 26.0 Å². The number of aliphatic hydroxyl groups is 1. The first kappa shape index (κ1) is 25.5. The number of rotatable bonds is 4. The van der Waals surface area contributed by atoms with Crippen molar-refractivity contribution < 1.29 is 14.7 Å². The average molecular weight is 421 g/mol. The highest BCUT2D eigenvalue weighted by Gasteiger charge is 2.27. The number of aliphatic hydroxyl groups excluding tert-OH is 1. The van der Waals surface area contributed by atoms with E-state index in [0.717, 1.165) is 35.1 Å². The molecule has 0 spiro atoms. The lowest BCUT2D eigenvalue weighted by Gasteiger charge is -2.22. The van der Waals surface area contributed by atoms with E-state index in [1.165, 1.54) is 0 Å². The molecule has 1 fully saturated rings. The first-order valence-corrected chi connectivity index (χ1v) is 9.99. The summed E-state index contributed by atoms with van der Waals surface area (Å²) in [5.74, 6) is 8.17. The predicted molar refractivity (Wildman–Crippen MR) is 118 cm³/mol. The second-order valence-corrected chi connectivity index (χ2v) is 8.58. The maximum atomic E-state index is 11.6. The Morgan fingerprint density at radius 2 is 2.03 bits per heavy atom. The minimum Gasteiger partial charge on any atom is -0.391 e. The first-order valence-electron chi connectivity index (χ1n) is 9.99. The van der Waals surface area contributed by atoms with Crippen molar-refractivity contribution in [1.82, 2.24) is 20.0 Å². The van der Waals surface area contributed by atoms with E-state index in [1.807, 2.05) is 30.8 Å². The third kappa shape index (κ3) is 7.74. The van der Waals surface area contributed by atoms with Gasteiger partial charge in [0.15, 0.2) is 0 Å². The molecule has 2 heterocycles. The zero-order chi connectivity index (χ0) is 22.9. The van der Waals surface area contributed by atoms with Gasteiger partial charge in [0.1, 0.15) is 0 Å². The fourth-order valence-corrected chi connectivity index (χ4v) is 3.29. The number of aryl methyl sites for hydroxylation is 2. The maximum absolute atomic E-state index is 11.6. The first-order chi connectivity index (χ1) is 14.1. The molecule has 9 nitrogen and oxygen atoms in total. The number of hydrazine groups is 1. The molecule has 2 amide bonds. The fourth-order valence-electron chi connectivity index (χ4n) is 3.29. The number of likely N-dealkylation sites (tertiary alicyclic amines) is 1. The van der Waals surface area contributed by atoms with Crippen molar-refractivity contribution in [3.8, 4) is 0 Å². The van der Waals surface area contributed by atoms with Gasteiger partial charge in [0.2, 0.25) is 12.3 Å². The molecule has 0 radical (unpaired) electrons. The number of nitrogens with one attached hydrogen (secondary N) is 1. The Morgan fingerprint density at radius 1 is 1.37 bits per heavy atom. The lowest BCUT2D eigenvalue weighted by Crippen LogP contribution is -2.32. The third-order valence-electron chi connectivity index (χ3n) is 4.69. The van der Waals surface area contributed by atoms with Crippen LogP contribution in [0.2, 0.25) is 0 Å². The van der Waals surface area contributed by atoms with Crippen LogP contribution in [-0.4, -0.2) is 51.3 Å². The summed E-state index contributed by atoms with van der Waals surface area (Å²) in [6.45, 7) is 9.95. The van der Waals surface area contributed by atoms with Crippen molar-refractivity contribution in [2.24, 2.45) is 24.1 Å². The van der Waals surface area contributed by atoms with Crippen LogP contribution in [0.5, 0.6) is 0 Å². The van der Waals surface area contributed by atoms with Crippen LogP contribution in [0.4, 0.5) is 0 Å². The molecule has 0 saturated carbocycles. The number of hydrogen-bond acceptors (Lipinski definition) is 6. The number of benzene rings is 1. The molecule has 9 heteroatoms. The number of carbonyl (C=O) groups is 2. The lowest BCUT2D eigenvalue weighted by atomic mass is 9.92. The van der Waals surface area contributed by atoms with Crippen LogP contribution in [0.25, 0.3) is 10.9 Å². The van der Waals surface area contributed by atoms with Crippen LogP contribution in [-0.2, 0) is 23.2 Å². The van der Waals surface area contributed by atoms with E-state index < -0.39 is 0 Å². The van der Waals surface area contributed by atoms with Gasteiger partial charge in [0.25, 0.3) is 0 Å². The minimum atomic E-state index is -0.302. The SMILES string of the molecule is CC(C)(C)CC(=O)N1CCC(O)C1.Cc1nn(C)c2ccc(CNC=O)cc12.NN. The molecule has 1 aromatic heterocycles. The van der Waals surface area contributed by atoms with Gasteiger partial charge >= 0.3 is 0 Å². The van der Waals surface area contributed by atoms with Gasteiger partial charge < -0.3 is 15.3 Å². The van der Waals surface area contributed by atoms with Crippen molar-refractivity contribution >= 4 is 23.2 Å². The molecular weight excluding hydrogens is 384 g/mol. The largest absolute Gasteiger partial charge is 0.391 e. The van der Waals surface area contributed by atoms with Crippen LogP contribution >= 0.6 is 0 Å². The molecule has 168 valence electrons. The fraction of sp³-hybridized carbons (Fsp3) is 0.571. The van der Waals surface area contributed by atoms with Crippen molar-refractivity contribution in [1.29, 1.82) is 0 Å². The van der Waals surface area contributed by atoms with Crippen LogP contribution in [0.1, 0.15) is 44.9 Å². The number of aromatic nitrogens is 2. The molecule has 1 aromatic carbocycles. The molecule has 1 unspecified atom stereocenters. The van der Waals surface area contributed by atoms with E-state index in [4.69, 9.17) is 0 Å². The van der Waals surface area contributed by atoms with Gasteiger partial charge in [-0.25, -0.2) is 0 Å². The van der Waals surface area contributed by atoms with Gasteiger partial charge in [0.05, 0.1) is 17.3 Å². The third-order valence-corrected chi connectivity index (χ3v) is 4.69. The van der Waals surface area contributed by atoms with E-state index in [1.54, 1.807) is 4.90 Å². The summed E-state index contributed by atoms with van der Waals surface area (Å²) in [5.41, 5.74) is 3.26. The van der Waals surface area contributed by atoms with E-state index in [9.17, 15) is 14.7 Å². The summed E-state index contributed by atoms with van der Waals surface area (Å²) < 4.78 is 1.86. The summed E-state index contributed by atoms with van der Waals surface area (Å²) in [6.07, 6.45) is 1.71. The second kappa shape index (κ2) is 11.6. The molecule has 30 heavy (non-hydrogen) atoms. The van der Waals surface area contributed by atoms with E-state index in [2.05, 4.69) is 48.9 Å². The quantitative estimate of drug-likeness (QED) is 0.330. The van der Waals surface area contributed by atoms with Crippen LogP contribution in [0, 0.1) is 12.3 Å². The molecule has 6 N–H and O–H groups in total. The smallest absolute Gasteiger partial charge is 0.223 e. The van der Waals surface area contributed by atoms with E-state index >= 15 is 0 Å². The Bertz CT molecular complexity index is 828. The summed E-state index contributed by atoms with van der Waals surface area (Å²) >= 11 is 0.